The fourth-order valence-corrected chi connectivity index (χ4v) is 4.01. The highest BCUT2D eigenvalue weighted by molar-refractivity contribution is 6.32. The lowest BCUT2D eigenvalue weighted by Gasteiger charge is -2.38. The van der Waals surface area contributed by atoms with Crippen LogP contribution in [0.25, 0.3) is 0 Å². The van der Waals surface area contributed by atoms with Gasteiger partial charge in [-0.25, -0.2) is 4.98 Å². The van der Waals surface area contributed by atoms with Gasteiger partial charge in [0, 0.05) is 5.41 Å². The topological polar surface area (TPSA) is 12.9 Å². The standard InChI is InChI=1S/C17H21Cl2N/c1-4-9-17(12(2)3,13-7-5-6-8-13)14-10-15(18)20-16(19)11-14/h4,9-11,13H,2,5-8H2,1,3H3/b9-4+. The van der Waals surface area contributed by atoms with Crippen LogP contribution < -0.4 is 0 Å². The summed E-state index contributed by atoms with van der Waals surface area (Å²) in [6.07, 6.45) is 9.36. The van der Waals surface area contributed by atoms with E-state index in [1.54, 1.807) is 0 Å². The Kier molecular flexibility index (Phi) is 4.93. The molecule has 0 bridgehead atoms. The molecule has 1 nitrogen and oxygen atoms in total. The van der Waals surface area contributed by atoms with Crippen LogP contribution in [-0.4, -0.2) is 4.98 Å². The zero-order valence-electron chi connectivity index (χ0n) is 12.1. The van der Waals surface area contributed by atoms with Crippen LogP contribution in [0.15, 0.2) is 36.4 Å². The fraction of sp³-hybridized carbons (Fsp3) is 0.471. The van der Waals surface area contributed by atoms with Crippen molar-refractivity contribution in [2.75, 3.05) is 0 Å². The number of allylic oxidation sites excluding steroid dienone is 3. The van der Waals surface area contributed by atoms with Crippen molar-refractivity contribution in [3.05, 3.63) is 52.3 Å². The van der Waals surface area contributed by atoms with Crippen molar-refractivity contribution in [1.29, 1.82) is 0 Å². The Bertz CT molecular complexity index is 510. The van der Waals surface area contributed by atoms with Crippen LogP contribution in [0.1, 0.15) is 45.1 Å². The zero-order chi connectivity index (χ0) is 14.8. The van der Waals surface area contributed by atoms with E-state index in [0.717, 1.165) is 11.1 Å². The Balaban J connectivity index is 2.62. The van der Waals surface area contributed by atoms with E-state index in [4.69, 9.17) is 23.2 Å². The molecule has 1 saturated carbocycles. The predicted octanol–water partition coefficient (Wildman–Crippen LogP) is 5.97. The first-order valence-corrected chi connectivity index (χ1v) is 7.89. The minimum absolute atomic E-state index is 0.179. The smallest absolute Gasteiger partial charge is 0.131 e. The lowest BCUT2D eigenvalue weighted by atomic mass is 9.65. The first kappa shape index (κ1) is 15.6. The molecule has 2 rings (SSSR count). The minimum atomic E-state index is -0.179. The third-order valence-electron chi connectivity index (χ3n) is 4.38. The second kappa shape index (κ2) is 6.32. The van der Waals surface area contributed by atoms with Gasteiger partial charge >= 0.3 is 0 Å². The van der Waals surface area contributed by atoms with Gasteiger partial charge in [0.2, 0.25) is 0 Å². The summed E-state index contributed by atoms with van der Waals surface area (Å²) in [5.74, 6) is 0.561. The summed E-state index contributed by atoms with van der Waals surface area (Å²) in [6.45, 7) is 8.42. The van der Waals surface area contributed by atoms with Crippen LogP contribution in [0.2, 0.25) is 10.3 Å². The van der Waals surface area contributed by atoms with Crippen molar-refractivity contribution < 1.29 is 0 Å². The number of hydrogen-bond donors (Lipinski definition) is 0. The largest absolute Gasteiger partial charge is 0.224 e. The first-order chi connectivity index (χ1) is 9.50. The number of pyridine rings is 1. The maximum Gasteiger partial charge on any atom is 0.131 e. The first-order valence-electron chi connectivity index (χ1n) is 7.14. The molecule has 0 N–H and O–H groups in total. The average molecular weight is 310 g/mol. The minimum Gasteiger partial charge on any atom is -0.224 e. The van der Waals surface area contributed by atoms with Gasteiger partial charge in [0.15, 0.2) is 0 Å². The van der Waals surface area contributed by atoms with Crippen LogP contribution in [0.3, 0.4) is 0 Å². The number of halogens is 2. The van der Waals surface area contributed by atoms with E-state index in [2.05, 4.69) is 37.6 Å². The molecule has 0 spiro atoms. The van der Waals surface area contributed by atoms with E-state index in [-0.39, 0.29) is 5.41 Å². The Morgan fingerprint density at radius 2 is 1.85 bits per heavy atom. The van der Waals surface area contributed by atoms with Crippen molar-refractivity contribution >= 4 is 23.2 Å². The maximum atomic E-state index is 6.12. The van der Waals surface area contributed by atoms with E-state index < -0.39 is 0 Å². The number of hydrogen-bond acceptors (Lipinski definition) is 1. The monoisotopic (exact) mass is 309 g/mol. The Morgan fingerprint density at radius 3 is 2.30 bits per heavy atom. The molecule has 0 amide bonds. The van der Waals surface area contributed by atoms with Gasteiger partial charge in [-0.15, -0.1) is 0 Å². The second-order valence-corrected chi connectivity index (χ2v) is 6.41. The second-order valence-electron chi connectivity index (χ2n) is 5.63. The number of nitrogens with zero attached hydrogens (tertiary/aromatic N) is 1. The summed E-state index contributed by atoms with van der Waals surface area (Å²) in [7, 11) is 0. The van der Waals surface area contributed by atoms with Gasteiger partial charge in [0.25, 0.3) is 0 Å². The van der Waals surface area contributed by atoms with Gasteiger partial charge in [-0.05, 0) is 50.3 Å². The van der Waals surface area contributed by atoms with Crippen molar-refractivity contribution in [2.24, 2.45) is 5.92 Å². The lowest BCUT2D eigenvalue weighted by Crippen LogP contribution is -2.33. The van der Waals surface area contributed by atoms with Gasteiger partial charge in [-0.2, -0.15) is 0 Å². The normalized spacial score (nSPS) is 19.4. The fourth-order valence-electron chi connectivity index (χ4n) is 3.55. The van der Waals surface area contributed by atoms with Gasteiger partial charge in [-0.3, -0.25) is 0 Å². The molecule has 0 radical (unpaired) electrons. The van der Waals surface area contributed by atoms with E-state index in [0.29, 0.717) is 16.2 Å². The predicted molar refractivity (Wildman–Crippen MR) is 87.5 cm³/mol. The van der Waals surface area contributed by atoms with Crippen molar-refractivity contribution in [2.45, 2.75) is 44.9 Å². The summed E-state index contributed by atoms with van der Waals surface area (Å²) >= 11 is 12.2. The molecule has 1 fully saturated rings. The Hall–Kier alpha value is -0.790. The zero-order valence-corrected chi connectivity index (χ0v) is 13.6. The van der Waals surface area contributed by atoms with E-state index in [1.165, 1.54) is 25.7 Å². The number of aromatic nitrogens is 1. The van der Waals surface area contributed by atoms with E-state index in [1.807, 2.05) is 12.1 Å². The quantitative estimate of drug-likeness (QED) is 0.493. The maximum absolute atomic E-state index is 6.12. The molecule has 1 unspecified atom stereocenters. The molecular formula is C17H21Cl2N. The molecule has 20 heavy (non-hydrogen) atoms. The third kappa shape index (κ3) is 2.80. The average Bonchev–Trinajstić information content (AvgIpc) is 2.88. The molecule has 1 aliphatic carbocycles. The molecule has 1 aromatic heterocycles. The molecular weight excluding hydrogens is 289 g/mol. The summed E-state index contributed by atoms with van der Waals surface area (Å²) in [5, 5.41) is 0.890. The summed E-state index contributed by atoms with van der Waals surface area (Å²) in [5.41, 5.74) is 2.07. The Morgan fingerprint density at radius 1 is 1.30 bits per heavy atom. The van der Waals surface area contributed by atoms with Gasteiger partial charge in [-0.1, -0.05) is 60.3 Å². The molecule has 3 heteroatoms. The van der Waals surface area contributed by atoms with Crippen LogP contribution >= 0.6 is 23.2 Å². The molecule has 1 heterocycles. The Labute approximate surface area is 131 Å². The SMILES string of the molecule is C=C(C)C(/C=C/C)(c1cc(Cl)nc(Cl)c1)C1CCCC1. The lowest BCUT2D eigenvalue weighted by molar-refractivity contribution is 0.386. The molecule has 1 atom stereocenters. The molecule has 0 aliphatic heterocycles. The molecule has 1 aliphatic rings. The summed E-state index contributed by atoms with van der Waals surface area (Å²) in [4.78, 5) is 4.07. The van der Waals surface area contributed by atoms with E-state index >= 15 is 0 Å². The van der Waals surface area contributed by atoms with Gasteiger partial charge in [0.1, 0.15) is 10.3 Å². The molecule has 1 aromatic rings. The van der Waals surface area contributed by atoms with Crippen LogP contribution in [0.4, 0.5) is 0 Å². The third-order valence-corrected chi connectivity index (χ3v) is 4.76. The molecule has 0 saturated heterocycles. The van der Waals surface area contributed by atoms with Crippen LogP contribution in [-0.2, 0) is 5.41 Å². The highest BCUT2D eigenvalue weighted by Gasteiger charge is 2.40. The van der Waals surface area contributed by atoms with E-state index in [9.17, 15) is 0 Å². The van der Waals surface area contributed by atoms with Crippen molar-refractivity contribution in [1.82, 2.24) is 4.98 Å². The van der Waals surface area contributed by atoms with Crippen molar-refractivity contribution in [3.8, 4) is 0 Å². The van der Waals surface area contributed by atoms with Gasteiger partial charge in [0.05, 0.1) is 0 Å². The summed E-state index contributed by atoms with van der Waals surface area (Å²) < 4.78 is 0. The number of rotatable bonds is 4. The summed E-state index contributed by atoms with van der Waals surface area (Å²) in [6, 6.07) is 3.86. The highest BCUT2D eigenvalue weighted by Crippen LogP contribution is 2.48. The molecule has 0 aromatic carbocycles. The van der Waals surface area contributed by atoms with Gasteiger partial charge < -0.3 is 0 Å². The molecule has 108 valence electrons. The van der Waals surface area contributed by atoms with Crippen LogP contribution in [0, 0.1) is 5.92 Å². The van der Waals surface area contributed by atoms with Crippen LogP contribution in [0.5, 0.6) is 0 Å². The highest BCUT2D eigenvalue weighted by atomic mass is 35.5. The van der Waals surface area contributed by atoms with Crippen molar-refractivity contribution in [3.63, 3.8) is 0 Å².